The molecule has 0 bridgehead atoms. The summed E-state index contributed by atoms with van der Waals surface area (Å²) >= 11 is 0. The van der Waals surface area contributed by atoms with Crippen LogP contribution in [-0.4, -0.2) is 48.5 Å². The molecular weight excluding hydrogens is 302 g/mol. The topological polar surface area (TPSA) is 81.0 Å². The molecule has 1 aromatic heterocycles. The monoisotopic (exact) mass is 323 g/mol. The lowest BCUT2D eigenvalue weighted by Gasteiger charge is -2.32. The minimum atomic E-state index is 0.0494. The predicted molar refractivity (Wildman–Crippen MR) is 93.6 cm³/mol. The molecule has 2 heterocycles. The third kappa shape index (κ3) is 3.47. The Morgan fingerprint density at radius 1 is 1.38 bits per heavy atom. The van der Waals surface area contributed by atoms with Gasteiger partial charge in [-0.2, -0.15) is 5.26 Å². The Hall–Kier alpha value is -2.65. The van der Waals surface area contributed by atoms with Crippen LogP contribution < -0.4 is 10.6 Å². The molecule has 2 aromatic rings. The first-order chi connectivity index (χ1) is 11.7. The number of hydrogen-bond acceptors (Lipinski definition) is 5. The first kappa shape index (κ1) is 16.2. The first-order valence-corrected chi connectivity index (χ1v) is 8.18. The van der Waals surface area contributed by atoms with Gasteiger partial charge in [-0.25, -0.2) is 0 Å². The fourth-order valence-electron chi connectivity index (χ4n) is 3.10. The Kier molecular flexibility index (Phi) is 4.92. The second-order valence-electron chi connectivity index (χ2n) is 6.04. The SMILES string of the molecule is CNC(=O)CN1CCC(Nc2c(C#N)cnc3ccccc23)CC1. The van der Waals surface area contributed by atoms with E-state index in [-0.39, 0.29) is 5.91 Å². The molecule has 24 heavy (non-hydrogen) atoms. The summed E-state index contributed by atoms with van der Waals surface area (Å²) in [6, 6.07) is 10.4. The maximum atomic E-state index is 11.5. The zero-order chi connectivity index (χ0) is 16.9. The number of carbonyl (C=O) groups excluding carboxylic acids is 1. The summed E-state index contributed by atoms with van der Waals surface area (Å²) < 4.78 is 0. The number of benzene rings is 1. The van der Waals surface area contributed by atoms with Crippen LogP contribution in [0.4, 0.5) is 5.69 Å². The van der Waals surface area contributed by atoms with Gasteiger partial charge in [0, 0.05) is 37.8 Å². The maximum Gasteiger partial charge on any atom is 0.233 e. The van der Waals surface area contributed by atoms with Crippen molar-refractivity contribution in [2.24, 2.45) is 0 Å². The maximum absolute atomic E-state index is 11.5. The van der Waals surface area contributed by atoms with Crippen molar-refractivity contribution in [1.82, 2.24) is 15.2 Å². The van der Waals surface area contributed by atoms with Crippen LogP contribution in [0.3, 0.4) is 0 Å². The Balaban J connectivity index is 1.72. The molecule has 1 amide bonds. The van der Waals surface area contributed by atoms with Crippen LogP contribution in [-0.2, 0) is 4.79 Å². The van der Waals surface area contributed by atoms with Crippen LogP contribution in [0.5, 0.6) is 0 Å². The van der Waals surface area contributed by atoms with Crippen molar-refractivity contribution in [2.75, 3.05) is 32.0 Å². The van der Waals surface area contributed by atoms with E-state index >= 15 is 0 Å². The standard InChI is InChI=1S/C18H21N5O/c1-20-17(24)12-23-8-6-14(7-9-23)22-18-13(10-19)11-21-16-5-3-2-4-15(16)18/h2-5,11,14H,6-9,12H2,1H3,(H,20,24)(H,21,22). The van der Waals surface area contributed by atoms with E-state index in [4.69, 9.17) is 0 Å². The minimum Gasteiger partial charge on any atom is -0.381 e. The van der Waals surface area contributed by atoms with Gasteiger partial charge in [0.2, 0.25) is 5.91 Å². The number of hydrogen-bond donors (Lipinski definition) is 2. The van der Waals surface area contributed by atoms with Crippen LogP contribution >= 0.6 is 0 Å². The van der Waals surface area contributed by atoms with Crippen LogP contribution in [0, 0.1) is 11.3 Å². The highest BCUT2D eigenvalue weighted by atomic mass is 16.1. The number of likely N-dealkylation sites (N-methyl/N-ethyl adjacent to an activating group) is 1. The fourth-order valence-corrected chi connectivity index (χ4v) is 3.10. The number of pyridine rings is 1. The predicted octanol–water partition coefficient (Wildman–Crippen LogP) is 1.73. The van der Waals surface area contributed by atoms with Gasteiger partial charge in [0.1, 0.15) is 6.07 Å². The van der Waals surface area contributed by atoms with E-state index < -0.39 is 0 Å². The zero-order valence-corrected chi connectivity index (χ0v) is 13.7. The Labute approximate surface area is 141 Å². The number of nitrogens with zero attached hydrogens (tertiary/aromatic N) is 3. The lowest BCUT2D eigenvalue weighted by Crippen LogP contribution is -2.43. The van der Waals surface area contributed by atoms with Gasteiger partial charge in [0.05, 0.1) is 23.3 Å². The van der Waals surface area contributed by atoms with Gasteiger partial charge in [-0.1, -0.05) is 18.2 Å². The van der Waals surface area contributed by atoms with E-state index in [0.29, 0.717) is 18.2 Å². The van der Waals surface area contributed by atoms with Crippen LogP contribution in [0.2, 0.25) is 0 Å². The van der Waals surface area contributed by atoms with Crippen LogP contribution in [0.25, 0.3) is 10.9 Å². The van der Waals surface area contributed by atoms with Crippen molar-refractivity contribution in [1.29, 1.82) is 5.26 Å². The van der Waals surface area contributed by atoms with Gasteiger partial charge in [-0.3, -0.25) is 14.7 Å². The molecule has 1 aliphatic heterocycles. The highest BCUT2D eigenvalue weighted by molar-refractivity contribution is 5.93. The Morgan fingerprint density at radius 2 is 2.12 bits per heavy atom. The number of carbonyl (C=O) groups is 1. The fraction of sp³-hybridized carbons (Fsp3) is 0.389. The summed E-state index contributed by atoms with van der Waals surface area (Å²) in [5.74, 6) is 0.0494. The quantitative estimate of drug-likeness (QED) is 0.895. The molecule has 2 N–H and O–H groups in total. The third-order valence-electron chi connectivity index (χ3n) is 4.48. The molecule has 0 spiro atoms. The van der Waals surface area contributed by atoms with Crippen molar-refractivity contribution in [3.8, 4) is 6.07 Å². The number of nitriles is 1. The molecule has 0 aliphatic carbocycles. The van der Waals surface area contributed by atoms with Crippen molar-refractivity contribution < 1.29 is 4.79 Å². The summed E-state index contributed by atoms with van der Waals surface area (Å²) in [4.78, 5) is 18.0. The van der Waals surface area contributed by atoms with Crippen molar-refractivity contribution in [2.45, 2.75) is 18.9 Å². The van der Waals surface area contributed by atoms with Gasteiger partial charge in [0.25, 0.3) is 0 Å². The van der Waals surface area contributed by atoms with E-state index in [1.165, 1.54) is 0 Å². The molecule has 0 radical (unpaired) electrons. The van der Waals surface area contributed by atoms with E-state index in [9.17, 15) is 10.1 Å². The molecule has 6 nitrogen and oxygen atoms in total. The molecule has 1 fully saturated rings. The molecule has 0 unspecified atom stereocenters. The molecular formula is C18H21N5O. The van der Waals surface area contributed by atoms with Gasteiger partial charge in [-0.15, -0.1) is 0 Å². The number of amides is 1. The number of rotatable bonds is 4. The summed E-state index contributed by atoms with van der Waals surface area (Å²) in [6.45, 7) is 2.19. The molecule has 3 rings (SSSR count). The average Bonchev–Trinajstić information content (AvgIpc) is 2.63. The smallest absolute Gasteiger partial charge is 0.233 e. The summed E-state index contributed by atoms with van der Waals surface area (Å²) in [6.07, 6.45) is 3.52. The number of nitrogens with one attached hydrogen (secondary N) is 2. The van der Waals surface area contributed by atoms with E-state index in [1.54, 1.807) is 13.2 Å². The van der Waals surface area contributed by atoms with Crippen LogP contribution in [0.1, 0.15) is 18.4 Å². The van der Waals surface area contributed by atoms with Gasteiger partial charge in [-0.05, 0) is 18.9 Å². The summed E-state index contributed by atoms with van der Waals surface area (Å²) in [5.41, 5.74) is 2.32. The molecule has 1 saturated heterocycles. The minimum absolute atomic E-state index is 0.0494. The third-order valence-corrected chi connectivity index (χ3v) is 4.48. The molecule has 0 saturated carbocycles. The van der Waals surface area contributed by atoms with E-state index in [1.807, 2.05) is 24.3 Å². The number of para-hydroxylation sites is 1. The lowest BCUT2D eigenvalue weighted by molar-refractivity contribution is -0.122. The molecule has 6 heteroatoms. The van der Waals surface area contributed by atoms with Crippen molar-refractivity contribution >= 4 is 22.5 Å². The zero-order valence-electron chi connectivity index (χ0n) is 13.7. The molecule has 1 aliphatic rings. The highest BCUT2D eigenvalue weighted by Gasteiger charge is 2.22. The molecule has 1 aromatic carbocycles. The van der Waals surface area contributed by atoms with E-state index in [2.05, 4.69) is 26.6 Å². The second-order valence-corrected chi connectivity index (χ2v) is 6.04. The van der Waals surface area contributed by atoms with Gasteiger partial charge < -0.3 is 10.6 Å². The van der Waals surface area contributed by atoms with Gasteiger partial charge in [0.15, 0.2) is 0 Å². The summed E-state index contributed by atoms with van der Waals surface area (Å²) in [7, 11) is 1.66. The van der Waals surface area contributed by atoms with Crippen molar-refractivity contribution in [3.05, 3.63) is 36.0 Å². The highest BCUT2D eigenvalue weighted by Crippen LogP contribution is 2.27. The number of aromatic nitrogens is 1. The van der Waals surface area contributed by atoms with Gasteiger partial charge >= 0.3 is 0 Å². The normalized spacial score (nSPS) is 15.8. The largest absolute Gasteiger partial charge is 0.381 e. The number of anilines is 1. The second kappa shape index (κ2) is 7.28. The Morgan fingerprint density at radius 3 is 2.83 bits per heavy atom. The number of fused-ring (bicyclic) bond motifs is 1. The number of piperidine rings is 1. The summed E-state index contributed by atoms with van der Waals surface area (Å²) in [5, 5.41) is 16.6. The molecule has 0 atom stereocenters. The first-order valence-electron chi connectivity index (χ1n) is 8.18. The molecule has 124 valence electrons. The Bertz CT molecular complexity index is 775. The lowest BCUT2D eigenvalue weighted by atomic mass is 10.0. The average molecular weight is 323 g/mol. The number of likely N-dealkylation sites (tertiary alicyclic amines) is 1. The van der Waals surface area contributed by atoms with E-state index in [0.717, 1.165) is 42.5 Å². The van der Waals surface area contributed by atoms with Crippen molar-refractivity contribution in [3.63, 3.8) is 0 Å². The van der Waals surface area contributed by atoms with Crippen LogP contribution in [0.15, 0.2) is 30.5 Å².